The zero-order chi connectivity index (χ0) is 24.2. The number of nitrogens with one attached hydrogen (secondary N) is 1. The van der Waals surface area contributed by atoms with Gasteiger partial charge < -0.3 is 15.2 Å². The third kappa shape index (κ3) is 4.72. The summed E-state index contributed by atoms with van der Waals surface area (Å²) in [5, 5.41) is 12.2. The predicted molar refractivity (Wildman–Crippen MR) is 135 cm³/mol. The van der Waals surface area contributed by atoms with E-state index < -0.39 is 6.03 Å². The number of aliphatic hydroxyl groups excluding tert-OH is 1. The lowest BCUT2D eigenvalue weighted by molar-refractivity contribution is -0.115. The van der Waals surface area contributed by atoms with E-state index in [0.717, 1.165) is 40.7 Å². The highest BCUT2D eigenvalue weighted by molar-refractivity contribution is 6.23. The number of ether oxygens (including phenoxy) is 1. The van der Waals surface area contributed by atoms with Gasteiger partial charge in [0.15, 0.2) is 0 Å². The van der Waals surface area contributed by atoms with E-state index in [1.807, 2.05) is 72.8 Å². The first kappa shape index (κ1) is 22.6. The van der Waals surface area contributed by atoms with Gasteiger partial charge in [0.25, 0.3) is 5.91 Å². The number of anilines is 1. The second-order valence-electron chi connectivity index (χ2n) is 8.31. The second kappa shape index (κ2) is 9.95. The second-order valence-corrected chi connectivity index (χ2v) is 8.31. The first-order chi connectivity index (χ1) is 17.1. The van der Waals surface area contributed by atoms with Gasteiger partial charge >= 0.3 is 6.03 Å². The van der Waals surface area contributed by atoms with Gasteiger partial charge in [-0.15, -0.1) is 0 Å². The van der Waals surface area contributed by atoms with Crippen LogP contribution in [0.1, 0.15) is 12.8 Å². The molecule has 3 aromatic carbocycles. The fourth-order valence-corrected chi connectivity index (χ4v) is 4.14. The fourth-order valence-electron chi connectivity index (χ4n) is 4.14. The Hall–Kier alpha value is -4.23. The van der Waals surface area contributed by atoms with Crippen LogP contribution in [-0.2, 0) is 4.79 Å². The summed E-state index contributed by atoms with van der Waals surface area (Å²) in [6.45, 7) is 0.756. The van der Waals surface area contributed by atoms with Crippen LogP contribution < -0.4 is 15.0 Å². The number of fused-ring (bicyclic) bond motifs is 1. The van der Waals surface area contributed by atoms with Crippen LogP contribution in [0, 0.1) is 0 Å². The molecule has 7 heteroatoms. The lowest BCUT2D eigenvalue weighted by Crippen LogP contribution is -2.30. The molecule has 0 aliphatic carbocycles. The van der Waals surface area contributed by atoms with Crippen LogP contribution in [-0.4, -0.2) is 41.8 Å². The Bertz CT molecular complexity index is 1350. The van der Waals surface area contributed by atoms with Gasteiger partial charge in [-0.25, -0.2) is 14.7 Å². The first-order valence-corrected chi connectivity index (χ1v) is 11.6. The lowest BCUT2D eigenvalue weighted by atomic mass is 10.0. The average Bonchev–Trinajstić information content (AvgIpc) is 3.24. The number of hydrogen-bond acceptors (Lipinski definition) is 5. The highest BCUT2D eigenvalue weighted by Gasteiger charge is 2.31. The summed E-state index contributed by atoms with van der Waals surface area (Å²) in [6, 6.07) is 24.8. The van der Waals surface area contributed by atoms with E-state index in [9.17, 15) is 9.59 Å². The van der Waals surface area contributed by atoms with E-state index in [0.29, 0.717) is 23.5 Å². The van der Waals surface area contributed by atoms with Crippen LogP contribution in [0.2, 0.25) is 0 Å². The smallest absolute Gasteiger partial charge is 0.329 e. The molecular formula is C28H25N3O4. The number of amides is 3. The minimum absolute atomic E-state index is 0.00793. The number of carbonyl (C=O) groups is 2. The molecule has 1 aliphatic rings. The van der Waals surface area contributed by atoms with Crippen molar-refractivity contribution in [2.24, 2.45) is 0 Å². The summed E-state index contributed by atoms with van der Waals surface area (Å²) in [5.74, 6) is 0.519. The van der Waals surface area contributed by atoms with Crippen molar-refractivity contribution in [1.82, 2.24) is 10.3 Å². The summed E-state index contributed by atoms with van der Waals surface area (Å²) in [5.41, 5.74) is 4.93. The van der Waals surface area contributed by atoms with E-state index in [1.54, 1.807) is 6.07 Å². The van der Waals surface area contributed by atoms with Gasteiger partial charge in [0.05, 0.1) is 30.0 Å². The van der Waals surface area contributed by atoms with Gasteiger partial charge in [0.2, 0.25) is 0 Å². The minimum Gasteiger partial charge on any atom is -0.494 e. The third-order valence-corrected chi connectivity index (χ3v) is 5.97. The van der Waals surface area contributed by atoms with Gasteiger partial charge in [-0.2, -0.15) is 0 Å². The molecule has 0 bridgehead atoms. The van der Waals surface area contributed by atoms with Crippen LogP contribution in [0.5, 0.6) is 5.75 Å². The van der Waals surface area contributed by atoms with Crippen molar-refractivity contribution in [1.29, 1.82) is 0 Å². The molecule has 1 saturated heterocycles. The highest BCUT2D eigenvalue weighted by atomic mass is 16.5. The SMILES string of the molecule is O=C1CNC(=O)N1c1cc(-c2ccc(-c3ccc(OCCCCO)cc3)cc2)nc2ccccc12. The van der Waals surface area contributed by atoms with Crippen molar-refractivity contribution in [3.63, 3.8) is 0 Å². The van der Waals surface area contributed by atoms with E-state index in [-0.39, 0.29) is 19.1 Å². The van der Waals surface area contributed by atoms with Crippen LogP contribution in [0.3, 0.4) is 0 Å². The molecule has 1 aromatic heterocycles. The number of carbonyl (C=O) groups excluding carboxylic acids is 2. The lowest BCUT2D eigenvalue weighted by Gasteiger charge is -2.17. The Morgan fingerprint density at radius 3 is 2.26 bits per heavy atom. The van der Waals surface area contributed by atoms with Gasteiger partial charge in [0, 0.05) is 17.6 Å². The van der Waals surface area contributed by atoms with Crippen LogP contribution in [0.15, 0.2) is 78.9 Å². The summed E-state index contributed by atoms with van der Waals surface area (Å²) < 4.78 is 5.70. The number of urea groups is 1. The summed E-state index contributed by atoms with van der Waals surface area (Å²) in [4.78, 5) is 30.7. The molecule has 7 nitrogen and oxygen atoms in total. The van der Waals surface area contributed by atoms with Crippen LogP contribution in [0.4, 0.5) is 10.5 Å². The molecule has 0 saturated carbocycles. The largest absolute Gasteiger partial charge is 0.494 e. The maximum absolute atomic E-state index is 12.4. The van der Waals surface area contributed by atoms with Crippen molar-refractivity contribution >= 4 is 28.5 Å². The molecule has 0 unspecified atom stereocenters. The van der Waals surface area contributed by atoms with Crippen LogP contribution in [0.25, 0.3) is 33.3 Å². The predicted octanol–water partition coefficient (Wildman–Crippen LogP) is 4.78. The van der Waals surface area contributed by atoms with E-state index >= 15 is 0 Å². The number of nitrogens with zero attached hydrogens (tertiary/aromatic N) is 2. The van der Waals surface area contributed by atoms with E-state index in [4.69, 9.17) is 14.8 Å². The standard InChI is InChI=1S/C28H25N3O4/c32-15-3-4-16-35-22-13-11-20(12-14-22)19-7-9-21(10-8-19)25-17-26(31-27(33)18-29-28(31)34)23-5-1-2-6-24(23)30-25/h1-2,5-14,17,32H,3-4,15-16,18H2,(H,29,34). The maximum Gasteiger partial charge on any atom is 0.329 e. The number of imide groups is 1. The third-order valence-electron chi connectivity index (χ3n) is 5.97. The average molecular weight is 468 g/mol. The van der Waals surface area contributed by atoms with E-state index in [1.165, 1.54) is 4.90 Å². The van der Waals surface area contributed by atoms with Gasteiger partial charge in [-0.3, -0.25) is 4.79 Å². The van der Waals surface area contributed by atoms with E-state index in [2.05, 4.69) is 5.32 Å². The molecule has 2 N–H and O–H groups in total. The Morgan fingerprint density at radius 2 is 1.57 bits per heavy atom. The van der Waals surface area contributed by atoms with Crippen molar-refractivity contribution in [3.05, 3.63) is 78.9 Å². The molecule has 5 rings (SSSR count). The number of unbranched alkanes of at least 4 members (excludes halogenated alkanes) is 1. The highest BCUT2D eigenvalue weighted by Crippen LogP contribution is 2.33. The van der Waals surface area contributed by atoms with Crippen LogP contribution >= 0.6 is 0 Å². The van der Waals surface area contributed by atoms with Crippen molar-refractivity contribution in [2.45, 2.75) is 12.8 Å². The molecule has 1 aliphatic heterocycles. The molecule has 1 fully saturated rings. The van der Waals surface area contributed by atoms with Crippen molar-refractivity contribution < 1.29 is 19.4 Å². The monoisotopic (exact) mass is 467 g/mol. The van der Waals surface area contributed by atoms with Crippen molar-refractivity contribution in [3.8, 4) is 28.1 Å². The summed E-state index contributed by atoms with van der Waals surface area (Å²) in [7, 11) is 0. The minimum atomic E-state index is -0.423. The summed E-state index contributed by atoms with van der Waals surface area (Å²) >= 11 is 0. The topological polar surface area (TPSA) is 91.8 Å². The number of para-hydroxylation sites is 1. The Labute approximate surface area is 203 Å². The summed E-state index contributed by atoms with van der Waals surface area (Å²) in [6.07, 6.45) is 1.56. The molecule has 0 radical (unpaired) electrons. The van der Waals surface area contributed by atoms with Gasteiger partial charge in [-0.1, -0.05) is 54.6 Å². The molecule has 4 aromatic rings. The molecule has 0 atom stereocenters. The number of pyridine rings is 1. The quantitative estimate of drug-likeness (QED) is 0.288. The van der Waals surface area contributed by atoms with Gasteiger partial charge in [-0.05, 0) is 48.2 Å². The Balaban J connectivity index is 1.41. The Morgan fingerprint density at radius 1 is 0.886 bits per heavy atom. The number of hydrogen-bond donors (Lipinski definition) is 2. The molecule has 0 spiro atoms. The molecule has 176 valence electrons. The first-order valence-electron chi connectivity index (χ1n) is 11.6. The maximum atomic E-state index is 12.4. The fraction of sp³-hybridized carbons (Fsp3) is 0.179. The Kier molecular flexibility index (Phi) is 6.41. The zero-order valence-electron chi connectivity index (χ0n) is 19.1. The molecule has 35 heavy (non-hydrogen) atoms. The number of aliphatic hydroxyl groups is 1. The molecular weight excluding hydrogens is 442 g/mol. The number of rotatable bonds is 8. The van der Waals surface area contributed by atoms with Gasteiger partial charge in [0.1, 0.15) is 5.75 Å². The number of aromatic nitrogens is 1. The molecule has 2 heterocycles. The normalized spacial score (nSPS) is 13.3. The number of benzene rings is 3. The molecule has 3 amide bonds. The zero-order valence-corrected chi connectivity index (χ0v) is 19.1. The van der Waals surface area contributed by atoms with Crippen molar-refractivity contribution in [2.75, 3.05) is 24.7 Å².